The Kier molecular flexibility index (Phi) is 4.62. The molecule has 0 saturated heterocycles. The second-order valence-corrected chi connectivity index (χ2v) is 6.91. The summed E-state index contributed by atoms with van der Waals surface area (Å²) in [6.07, 6.45) is 0. The molecule has 2 atom stereocenters. The van der Waals surface area contributed by atoms with Crippen LogP contribution in [0.4, 0.5) is 0 Å². The molecular weight excluding hydrogens is 367 g/mol. The molecule has 2 N–H and O–H groups in total. The number of hydrogen-bond donors (Lipinski definition) is 1. The molecule has 1 aliphatic carbocycles. The van der Waals surface area contributed by atoms with Gasteiger partial charge in [-0.1, -0.05) is 47.5 Å². The third-order valence-corrected chi connectivity index (χ3v) is 5.18. The minimum atomic E-state index is -1.66. The monoisotopic (exact) mass is 378 g/mol. The van der Waals surface area contributed by atoms with Crippen LogP contribution < -0.4 is 5.73 Å². The lowest BCUT2D eigenvalue weighted by Crippen LogP contribution is -2.29. The molecule has 2 aromatic carbocycles. The molecule has 1 aliphatic rings. The average molecular weight is 379 g/mol. The van der Waals surface area contributed by atoms with Crippen molar-refractivity contribution in [2.75, 3.05) is 0 Å². The maximum absolute atomic E-state index is 9.87. The summed E-state index contributed by atoms with van der Waals surface area (Å²) >= 11 is 12.3. The van der Waals surface area contributed by atoms with E-state index in [9.17, 15) is 15.8 Å². The summed E-state index contributed by atoms with van der Waals surface area (Å²) in [6.45, 7) is 0. The highest BCUT2D eigenvalue weighted by Crippen LogP contribution is 2.58. The molecule has 126 valence electrons. The van der Waals surface area contributed by atoms with Crippen LogP contribution in [0.25, 0.3) is 0 Å². The zero-order valence-electron chi connectivity index (χ0n) is 13.4. The molecule has 0 spiro atoms. The number of rotatable bonds is 2. The predicted molar refractivity (Wildman–Crippen MR) is 98.9 cm³/mol. The van der Waals surface area contributed by atoms with Crippen molar-refractivity contribution in [2.24, 2.45) is 11.1 Å². The topological polar surface area (TPSA) is 97.4 Å². The highest BCUT2D eigenvalue weighted by atomic mass is 35.5. The SMILES string of the molecule is N#CC1=C(N)C(C#N)(C#N)[C@@H](c2cccc(Cl)c2)[C@@H]1c1cccc(Cl)c1. The zero-order chi connectivity index (χ0) is 18.9. The Morgan fingerprint density at radius 2 is 1.42 bits per heavy atom. The van der Waals surface area contributed by atoms with E-state index in [4.69, 9.17) is 28.9 Å². The van der Waals surface area contributed by atoms with Crippen LogP contribution in [0.1, 0.15) is 23.0 Å². The van der Waals surface area contributed by atoms with E-state index in [-0.39, 0.29) is 11.3 Å². The van der Waals surface area contributed by atoms with Crippen molar-refractivity contribution in [3.63, 3.8) is 0 Å². The Morgan fingerprint density at radius 3 is 1.92 bits per heavy atom. The molecule has 26 heavy (non-hydrogen) atoms. The molecule has 0 unspecified atom stereocenters. The van der Waals surface area contributed by atoms with Gasteiger partial charge in [0.2, 0.25) is 0 Å². The molecule has 0 radical (unpaired) electrons. The Morgan fingerprint density at radius 1 is 0.885 bits per heavy atom. The lowest BCUT2D eigenvalue weighted by atomic mass is 9.70. The van der Waals surface area contributed by atoms with Gasteiger partial charge in [0, 0.05) is 21.9 Å². The van der Waals surface area contributed by atoms with Crippen molar-refractivity contribution in [3.8, 4) is 18.2 Å². The highest BCUT2D eigenvalue weighted by molar-refractivity contribution is 6.30. The average Bonchev–Trinajstić information content (AvgIpc) is 2.90. The maximum Gasteiger partial charge on any atom is 0.191 e. The van der Waals surface area contributed by atoms with Gasteiger partial charge in [0.15, 0.2) is 5.41 Å². The lowest BCUT2D eigenvalue weighted by molar-refractivity contribution is 0.475. The quantitative estimate of drug-likeness (QED) is 0.822. The first-order chi connectivity index (χ1) is 12.5. The fourth-order valence-electron chi connectivity index (χ4n) is 3.58. The number of allylic oxidation sites excluding steroid dienone is 2. The highest BCUT2D eigenvalue weighted by Gasteiger charge is 2.56. The van der Waals surface area contributed by atoms with E-state index >= 15 is 0 Å². The number of halogens is 2. The molecule has 0 aromatic heterocycles. The first kappa shape index (κ1) is 17.8. The van der Waals surface area contributed by atoms with Gasteiger partial charge in [0.05, 0.1) is 29.5 Å². The Balaban J connectivity index is 2.34. The van der Waals surface area contributed by atoms with Crippen molar-refractivity contribution in [3.05, 3.63) is 81.0 Å². The maximum atomic E-state index is 9.87. The van der Waals surface area contributed by atoms with Gasteiger partial charge < -0.3 is 5.73 Å². The lowest BCUT2D eigenvalue weighted by Gasteiger charge is -2.28. The molecule has 0 aliphatic heterocycles. The molecule has 4 nitrogen and oxygen atoms in total. The van der Waals surface area contributed by atoms with Crippen LogP contribution in [0.5, 0.6) is 0 Å². The van der Waals surface area contributed by atoms with Gasteiger partial charge >= 0.3 is 0 Å². The van der Waals surface area contributed by atoms with Crippen molar-refractivity contribution >= 4 is 23.2 Å². The van der Waals surface area contributed by atoms with E-state index in [1.54, 1.807) is 42.5 Å². The summed E-state index contributed by atoms with van der Waals surface area (Å²) in [4.78, 5) is 0. The van der Waals surface area contributed by atoms with Crippen molar-refractivity contribution in [1.82, 2.24) is 0 Å². The molecule has 0 amide bonds. The number of nitrogens with two attached hydrogens (primary N) is 1. The van der Waals surface area contributed by atoms with Gasteiger partial charge in [-0.3, -0.25) is 0 Å². The molecule has 0 saturated carbocycles. The Hall–Kier alpha value is -2.97. The summed E-state index contributed by atoms with van der Waals surface area (Å²) in [6, 6.07) is 20.1. The van der Waals surface area contributed by atoms with E-state index in [2.05, 4.69) is 18.2 Å². The van der Waals surface area contributed by atoms with Crippen LogP contribution >= 0.6 is 23.2 Å². The second-order valence-electron chi connectivity index (χ2n) is 6.04. The third-order valence-electron chi connectivity index (χ3n) is 4.71. The fraction of sp³-hybridized carbons (Fsp3) is 0.150. The molecule has 3 rings (SSSR count). The van der Waals surface area contributed by atoms with Gasteiger partial charge in [-0.15, -0.1) is 0 Å². The standard InChI is InChI=1S/C20H12Cl2N4/c21-14-5-1-3-12(7-14)17-16(9-23)19(26)20(10-24,11-25)18(17)13-4-2-6-15(22)8-13/h1-8,17-18H,26H2/t17-,18+/m1/s1. The minimum absolute atomic E-state index is 0.0139. The summed E-state index contributed by atoms with van der Waals surface area (Å²) in [5, 5.41) is 30.4. The van der Waals surface area contributed by atoms with E-state index in [1.165, 1.54) is 0 Å². The number of nitriles is 3. The van der Waals surface area contributed by atoms with Crippen LogP contribution in [-0.4, -0.2) is 0 Å². The van der Waals surface area contributed by atoms with Crippen molar-refractivity contribution in [1.29, 1.82) is 15.8 Å². The molecule has 2 aromatic rings. The van der Waals surface area contributed by atoms with E-state index in [0.29, 0.717) is 21.2 Å². The summed E-state index contributed by atoms with van der Waals surface area (Å²) in [5.74, 6) is -1.25. The van der Waals surface area contributed by atoms with E-state index in [0.717, 1.165) is 0 Å². The van der Waals surface area contributed by atoms with Gasteiger partial charge in [0.1, 0.15) is 0 Å². The molecular formula is C20H12Cl2N4. The summed E-state index contributed by atoms with van der Waals surface area (Å²) in [7, 11) is 0. The summed E-state index contributed by atoms with van der Waals surface area (Å²) < 4.78 is 0. The zero-order valence-corrected chi connectivity index (χ0v) is 15.0. The van der Waals surface area contributed by atoms with Crippen LogP contribution in [0.2, 0.25) is 10.0 Å². The predicted octanol–water partition coefficient (Wildman–Crippen LogP) is 4.64. The van der Waals surface area contributed by atoms with Crippen LogP contribution in [0.3, 0.4) is 0 Å². The molecule has 0 fully saturated rings. The van der Waals surface area contributed by atoms with Crippen LogP contribution in [-0.2, 0) is 0 Å². The Bertz CT molecular complexity index is 1020. The number of benzene rings is 2. The second kappa shape index (κ2) is 6.74. The van der Waals surface area contributed by atoms with Crippen molar-refractivity contribution < 1.29 is 0 Å². The normalized spacial score (nSPS) is 20.9. The van der Waals surface area contributed by atoms with Crippen LogP contribution in [0, 0.1) is 39.4 Å². The molecule has 6 heteroatoms. The van der Waals surface area contributed by atoms with E-state index in [1.807, 2.05) is 6.07 Å². The first-order valence-electron chi connectivity index (χ1n) is 7.72. The van der Waals surface area contributed by atoms with E-state index < -0.39 is 17.3 Å². The first-order valence-corrected chi connectivity index (χ1v) is 8.47. The summed E-state index contributed by atoms with van der Waals surface area (Å²) in [5.41, 5.74) is 6.08. The Labute approximate surface area is 161 Å². The smallest absolute Gasteiger partial charge is 0.191 e. The number of hydrogen-bond acceptors (Lipinski definition) is 4. The fourth-order valence-corrected chi connectivity index (χ4v) is 3.98. The third kappa shape index (κ3) is 2.59. The largest absolute Gasteiger partial charge is 0.399 e. The van der Waals surface area contributed by atoms with Crippen LogP contribution in [0.15, 0.2) is 59.8 Å². The minimum Gasteiger partial charge on any atom is -0.399 e. The van der Waals surface area contributed by atoms with Gasteiger partial charge in [0.25, 0.3) is 0 Å². The number of nitrogens with zero attached hydrogens (tertiary/aromatic N) is 3. The molecule has 0 heterocycles. The molecule has 0 bridgehead atoms. The van der Waals surface area contributed by atoms with Gasteiger partial charge in [-0.2, -0.15) is 15.8 Å². The van der Waals surface area contributed by atoms with Gasteiger partial charge in [-0.05, 0) is 35.4 Å². The van der Waals surface area contributed by atoms with Crippen molar-refractivity contribution in [2.45, 2.75) is 11.8 Å². The van der Waals surface area contributed by atoms with Gasteiger partial charge in [-0.25, -0.2) is 0 Å².